The van der Waals surface area contributed by atoms with Gasteiger partial charge in [0.15, 0.2) is 5.65 Å². The van der Waals surface area contributed by atoms with Gasteiger partial charge >= 0.3 is 5.63 Å². The number of nitrogens with zero attached hydrogens (tertiary/aromatic N) is 3. The zero-order valence-corrected chi connectivity index (χ0v) is 13.4. The van der Waals surface area contributed by atoms with E-state index in [9.17, 15) is 4.79 Å². The Labute approximate surface area is 139 Å². The molecule has 0 N–H and O–H groups in total. The van der Waals surface area contributed by atoms with Crippen LogP contribution in [0.25, 0.3) is 28.2 Å². The minimum absolute atomic E-state index is 0.271. The molecular weight excluding hydrogens is 358 g/mol. The summed E-state index contributed by atoms with van der Waals surface area (Å²) in [6, 6.07) is 17.0. The largest absolute Gasteiger partial charge is 0.403 e. The van der Waals surface area contributed by atoms with Gasteiger partial charge in [-0.3, -0.25) is 0 Å². The highest BCUT2D eigenvalue weighted by Gasteiger charge is 2.14. The van der Waals surface area contributed by atoms with E-state index >= 15 is 0 Å². The second-order valence-corrected chi connectivity index (χ2v) is 5.86. The zero-order valence-electron chi connectivity index (χ0n) is 11.8. The molecule has 4 rings (SSSR count). The molecule has 112 valence electrons. The summed E-state index contributed by atoms with van der Waals surface area (Å²) in [5, 5.41) is 4.62. The summed E-state index contributed by atoms with van der Waals surface area (Å²) in [6.07, 6.45) is 1.48. The van der Waals surface area contributed by atoms with Crippen molar-refractivity contribution < 1.29 is 4.42 Å². The van der Waals surface area contributed by atoms with Crippen molar-refractivity contribution >= 4 is 27.0 Å². The van der Waals surface area contributed by atoms with Crippen molar-refractivity contribution in [1.29, 1.82) is 0 Å². The molecule has 6 heteroatoms. The maximum absolute atomic E-state index is 12.2. The zero-order chi connectivity index (χ0) is 15.8. The average Bonchev–Trinajstić information content (AvgIpc) is 3.01. The molecule has 0 aliphatic heterocycles. The summed E-state index contributed by atoms with van der Waals surface area (Å²) >= 11 is 3.38. The minimum Gasteiger partial charge on any atom is -0.403 e. The number of halogens is 1. The van der Waals surface area contributed by atoms with Crippen LogP contribution in [-0.2, 0) is 0 Å². The van der Waals surface area contributed by atoms with Crippen LogP contribution in [0.4, 0.5) is 0 Å². The summed E-state index contributed by atoms with van der Waals surface area (Å²) < 4.78 is 7.91. The molecule has 0 bridgehead atoms. The van der Waals surface area contributed by atoms with Crippen molar-refractivity contribution in [2.45, 2.75) is 0 Å². The van der Waals surface area contributed by atoms with Gasteiger partial charge in [0.1, 0.15) is 5.39 Å². The van der Waals surface area contributed by atoms with E-state index < -0.39 is 5.63 Å². The van der Waals surface area contributed by atoms with Crippen LogP contribution in [0.1, 0.15) is 0 Å². The highest BCUT2D eigenvalue weighted by Crippen LogP contribution is 2.22. The van der Waals surface area contributed by atoms with Crippen molar-refractivity contribution in [2.24, 2.45) is 0 Å². The molecule has 2 heterocycles. The Morgan fingerprint density at radius 3 is 2.48 bits per heavy atom. The van der Waals surface area contributed by atoms with Crippen LogP contribution in [0.15, 0.2) is 74.5 Å². The van der Waals surface area contributed by atoms with E-state index in [4.69, 9.17) is 4.42 Å². The molecule has 0 aliphatic rings. The Bertz CT molecular complexity index is 1040. The maximum Gasteiger partial charge on any atom is 0.350 e. The van der Waals surface area contributed by atoms with Crippen LogP contribution in [0, 0.1) is 0 Å². The Morgan fingerprint density at radius 1 is 1.00 bits per heavy atom. The highest BCUT2D eigenvalue weighted by atomic mass is 79.9. The molecule has 2 aromatic heterocycles. The number of benzene rings is 2. The first-order valence-electron chi connectivity index (χ1n) is 6.92. The smallest absolute Gasteiger partial charge is 0.350 e. The molecule has 5 nitrogen and oxygen atoms in total. The quantitative estimate of drug-likeness (QED) is 0.540. The fourth-order valence-corrected chi connectivity index (χ4v) is 2.59. The summed E-state index contributed by atoms with van der Waals surface area (Å²) in [5.74, 6) is 0.271. The first-order valence-corrected chi connectivity index (χ1v) is 7.72. The highest BCUT2D eigenvalue weighted by molar-refractivity contribution is 9.10. The molecule has 0 atom stereocenters. The molecule has 23 heavy (non-hydrogen) atoms. The van der Waals surface area contributed by atoms with Gasteiger partial charge in [-0.1, -0.05) is 34.1 Å². The molecule has 0 saturated heterocycles. The molecule has 0 amide bonds. The van der Waals surface area contributed by atoms with Crippen LogP contribution in [0.2, 0.25) is 0 Å². The lowest BCUT2D eigenvalue weighted by Crippen LogP contribution is -2.04. The molecule has 0 spiro atoms. The van der Waals surface area contributed by atoms with E-state index in [1.165, 1.54) is 6.20 Å². The van der Waals surface area contributed by atoms with E-state index in [0.29, 0.717) is 11.0 Å². The van der Waals surface area contributed by atoms with Crippen molar-refractivity contribution in [3.63, 3.8) is 0 Å². The lowest BCUT2D eigenvalue weighted by Gasteiger charge is -2.03. The van der Waals surface area contributed by atoms with Gasteiger partial charge in [0.05, 0.1) is 11.9 Å². The van der Waals surface area contributed by atoms with Gasteiger partial charge in [0.25, 0.3) is 0 Å². The van der Waals surface area contributed by atoms with Gasteiger partial charge in [0.2, 0.25) is 5.89 Å². The lowest BCUT2D eigenvalue weighted by molar-refractivity contribution is 0.517. The SMILES string of the molecule is O=c1oc(-c2ccc(Br)cc2)nc2c1cnn2-c1ccccc1. The van der Waals surface area contributed by atoms with E-state index in [1.807, 2.05) is 54.6 Å². The number of fused-ring (bicyclic) bond motifs is 1. The van der Waals surface area contributed by atoms with Crippen LogP contribution in [0.5, 0.6) is 0 Å². The van der Waals surface area contributed by atoms with Crippen LogP contribution in [-0.4, -0.2) is 14.8 Å². The molecule has 0 radical (unpaired) electrons. The third kappa shape index (κ3) is 2.47. The van der Waals surface area contributed by atoms with Gasteiger partial charge in [-0.25, -0.2) is 9.48 Å². The Balaban J connectivity index is 1.95. The van der Waals surface area contributed by atoms with E-state index in [2.05, 4.69) is 26.0 Å². The fourth-order valence-electron chi connectivity index (χ4n) is 2.33. The normalized spacial score (nSPS) is 11.0. The van der Waals surface area contributed by atoms with Crippen LogP contribution >= 0.6 is 15.9 Å². The molecule has 0 aliphatic carbocycles. The minimum atomic E-state index is -0.449. The van der Waals surface area contributed by atoms with Crippen LogP contribution < -0.4 is 5.63 Å². The van der Waals surface area contributed by atoms with Gasteiger partial charge < -0.3 is 4.42 Å². The Kier molecular flexibility index (Phi) is 3.31. The van der Waals surface area contributed by atoms with E-state index in [1.54, 1.807) is 4.68 Å². The number of hydrogen-bond acceptors (Lipinski definition) is 4. The number of aromatic nitrogens is 3. The second-order valence-electron chi connectivity index (χ2n) is 4.94. The summed E-state index contributed by atoms with van der Waals surface area (Å²) in [4.78, 5) is 16.7. The van der Waals surface area contributed by atoms with Gasteiger partial charge in [0, 0.05) is 10.0 Å². The molecule has 0 saturated carbocycles. The Morgan fingerprint density at radius 2 is 1.74 bits per heavy atom. The lowest BCUT2D eigenvalue weighted by atomic mass is 10.2. The predicted molar refractivity (Wildman–Crippen MR) is 90.5 cm³/mol. The summed E-state index contributed by atoms with van der Waals surface area (Å²) in [6.45, 7) is 0. The first kappa shape index (κ1) is 13.9. The molecule has 0 fully saturated rings. The van der Waals surface area contributed by atoms with Crippen molar-refractivity contribution in [3.05, 3.63) is 75.7 Å². The van der Waals surface area contributed by atoms with Gasteiger partial charge in [-0.2, -0.15) is 10.1 Å². The topological polar surface area (TPSA) is 60.9 Å². The predicted octanol–water partition coefficient (Wildman–Crippen LogP) is 3.80. The molecule has 4 aromatic rings. The molecular formula is C17H10BrN3O2. The first-order chi connectivity index (χ1) is 11.2. The number of rotatable bonds is 2. The standard InChI is InChI=1S/C17H10BrN3O2/c18-12-8-6-11(7-9-12)16-20-15-14(17(22)23-16)10-19-21(15)13-4-2-1-3-5-13/h1-10H. The summed E-state index contributed by atoms with van der Waals surface area (Å²) in [7, 11) is 0. The fraction of sp³-hybridized carbons (Fsp3) is 0. The van der Waals surface area contributed by atoms with Crippen molar-refractivity contribution in [2.75, 3.05) is 0 Å². The van der Waals surface area contributed by atoms with E-state index in [-0.39, 0.29) is 5.89 Å². The van der Waals surface area contributed by atoms with Gasteiger partial charge in [-0.05, 0) is 36.4 Å². The van der Waals surface area contributed by atoms with Crippen molar-refractivity contribution in [1.82, 2.24) is 14.8 Å². The van der Waals surface area contributed by atoms with Crippen molar-refractivity contribution in [3.8, 4) is 17.1 Å². The average molecular weight is 368 g/mol. The molecule has 2 aromatic carbocycles. The number of hydrogen-bond donors (Lipinski definition) is 0. The van der Waals surface area contributed by atoms with Crippen LogP contribution in [0.3, 0.4) is 0 Å². The van der Waals surface area contributed by atoms with Gasteiger partial charge in [-0.15, -0.1) is 0 Å². The third-order valence-corrected chi connectivity index (χ3v) is 3.98. The maximum atomic E-state index is 12.2. The van der Waals surface area contributed by atoms with E-state index in [0.717, 1.165) is 15.7 Å². The second kappa shape index (κ2) is 5.48. The Hall–Kier alpha value is -2.73. The number of para-hydroxylation sites is 1. The monoisotopic (exact) mass is 367 g/mol. The summed E-state index contributed by atoms with van der Waals surface area (Å²) in [5.41, 5.74) is 1.59. The third-order valence-electron chi connectivity index (χ3n) is 3.45. The molecule has 0 unspecified atom stereocenters.